The van der Waals surface area contributed by atoms with Crippen molar-refractivity contribution in [1.82, 2.24) is 5.32 Å². The lowest BCUT2D eigenvalue weighted by Gasteiger charge is -2.59. The Bertz CT molecular complexity index is 581. The Balaban J connectivity index is 1.61. The summed E-state index contributed by atoms with van der Waals surface area (Å²) in [5.74, 6) is 1.60. The molecule has 0 amide bonds. The van der Waals surface area contributed by atoms with Gasteiger partial charge in [-0.2, -0.15) is 8.42 Å². The zero-order chi connectivity index (χ0) is 17.5. The molecule has 0 saturated heterocycles. The van der Waals surface area contributed by atoms with Gasteiger partial charge in [0.05, 0.1) is 5.75 Å². The molecule has 8 heteroatoms. The first kappa shape index (κ1) is 18.1. The minimum Gasteiger partial charge on any atom is -0.480 e. The fraction of sp³-hybridized carbons (Fsp3) is 0.938. The van der Waals surface area contributed by atoms with Gasteiger partial charge >= 0.3 is 5.97 Å². The molecular weight excluding hydrogens is 332 g/mol. The summed E-state index contributed by atoms with van der Waals surface area (Å²) in [5.41, 5.74) is 5.80. The van der Waals surface area contributed by atoms with Gasteiger partial charge in [-0.05, 0) is 74.7 Å². The van der Waals surface area contributed by atoms with Crippen molar-refractivity contribution < 1.29 is 22.9 Å². The number of carbonyl (C=O) groups is 1. The Morgan fingerprint density at radius 3 is 2.58 bits per heavy atom. The average Bonchev–Trinajstić information content (AvgIpc) is 2.47. The Kier molecular flexibility index (Phi) is 5.20. The van der Waals surface area contributed by atoms with Gasteiger partial charge in [0, 0.05) is 6.04 Å². The van der Waals surface area contributed by atoms with Crippen LogP contribution < -0.4 is 11.1 Å². The molecule has 0 aromatic rings. The smallest absolute Gasteiger partial charge is 0.320 e. The summed E-state index contributed by atoms with van der Waals surface area (Å²) in [7, 11) is -3.91. The molecule has 7 nitrogen and oxygen atoms in total. The third-order valence-electron chi connectivity index (χ3n) is 6.41. The lowest BCUT2D eigenvalue weighted by molar-refractivity contribution is -0.140. The van der Waals surface area contributed by atoms with E-state index in [9.17, 15) is 13.2 Å². The van der Waals surface area contributed by atoms with Gasteiger partial charge in [-0.25, -0.2) is 0 Å². The van der Waals surface area contributed by atoms with E-state index in [2.05, 4.69) is 5.32 Å². The Morgan fingerprint density at radius 2 is 1.92 bits per heavy atom. The van der Waals surface area contributed by atoms with Gasteiger partial charge in [0.15, 0.2) is 0 Å². The highest BCUT2D eigenvalue weighted by atomic mass is 32.2. The van der Waals surface area contributed by atoms with E-state index in [4.69, 9.17) is 15.4 Å². The van der Waals surface area contributed by atoms with Gasteiger partial charge in [0.1, 0.15) is 6.04 Å². The molecule has 24 heavy (non-hydrogen) atoms. The van der Waals surface area contributed by atoms with Crippen molar-refractivity contribution in [3.63, 3.8) is 0 Å². The molecule has 4 saturated carbocycles. The van der Waals surface area contributed by atoms with Crippen LogP contribution in [-0.2, 0) is 14.9 Å². The average molecular weight is 360 g/mol. The van der Waals surface area contributed by atoms with Gasteiger partial charge in [-0.3, -0.25) is 9.35 Å². The lowest BCUT2D eigenvalue weighted by atomic mass is 9.49. The lowest BCUT2D eigenvalue weighted by Crippen LogP contribution is -2.59. The SMILES string of the molecule is N[C@@H](CC1C2CC3CC(C2)C(NCCCS(=O)(=O)O)C1C3)C(=O)O. The van der Waals surface area contributed by atoms with Crippen LogP contribution in [0.15, 0.2) is 0 Å². The van der Waals surface area contributed by atoms with Crippen molar-refractivity contribution >= 4 is 16.1 Å². The van der Waals surface area contributed by atoms with E-state index >= 15 is 0 Å². The van der Waals surface area contributed by atoms with Gasteiger partial charge in [-0.1, -0.05) is 0 Å². The zero-order valence-electron chi connectivity index (χ0n) is 13.8. The highest BCUT2D eigenvalue weighted by Crippen LogP contribution is 2.57. The van der Waals surface area contributed by atoms with Crippen LogP contribution in [0.4, 0.5) is 0 Å². The van der Waals surface area contributed by atoms with Crippen LogP contribution in [0.3, 0.4) is 0 Å². The maximum Gasteiger partial charge on any atom is 0.320 e. The van der Waals surface area contributed by atoms with Crippen molar-refractivity contribution in [3.05, 3.63) is 0 Å². The molecule has 0 heterocycles. The highest BCUT2D eigenvalue weighted by molar-refractivity contribution is 7.85. The fourth-order valence-electron chi connectivity index (χ4n) is 5.64. The summed E-state index contributed by atoms with van der Waals surface area (Å²) in [6.45, 7) is 0.560. The Morgan fingerprint density at radius 1 is 1.21 bits per heavy atom. The van der Waals surface area contributed by atoms with E-state index in [0.29, 0.717) is 49.1 Å². The maximum absolute atomic E-state index is 11.1. The number of carboxylic acid groups (broad SMARTS) is 1. The molecule has 4 fully saturated rings. The number of nitrogens with one attached hydrogen (secondary N) is 1. The first-order chi connectivity index (χ1) is 11.2. The highest BCUT2D eigenvalue weighted by Gasteiger charge is 2.53. The van der Waals surface area contributed by atoms with E-state index in [1.165, 1.54) is 12.8 Å². The molecule has 4 aliphatic carbocycles. The van der Waals surface area contributed by atoms with Crippen LogP contribution in [0, 0.1) is 29.6 Å². The molecule has 6 unspecified atom stereocenters. The van der Waals surface area contributed by atoms with E-state index in [-0.39, 0.29) is 5.75 Å². The summed E-state index contributed by atoms with van der Waals surface area (Å²) in [5, 5.41) is 12.6. The summed E-state index contributed by atoms with van der Waals surface area (Å²) >= 11 is 0. The third-order valence-corrected chi connectivity index (χ3v) is 7.21. The van der Waals surface area contributed by atoms with Gasteiger partial charge in [0.25, 0.3) is 10.1 Å². The van der Waals surface area contributed by atoms with Crippen molar-refractivity contribution in [3.8, 4) is 0 Å². The van der Waals surface area contributed by atoms with Crippen molar-refractivity contribution in [2.75, 3.05) is 12.3 Å². The summed E-state index contributed by atoms with van der Waals surface area (Å²) in [6.07, 6.45) is 5.61. The fourth-order valence-corrected chi connectivity index (χ4v) is 6.15. The number of nitrogens with two attached hydrogens (primary N) is 1. The monoisotopic (exact) mass is 360 g/mol. The van der Waals surface area contributed by atoms with Crippen molar-refractivity contribution in [2.45, 2.75) is 50.6 Å². The summed E-state index contributed by atoms with van der Waals surface area (Å²) in [4.78, 5) is 11.1. The molecule has 0 radical (unpaired) electrons. The van der Waals surface area contributed by atoms with Crippen LogP contribution in [0.25, 0.3) is 0 Å². The first-order valence-electron chi connectivity index (χ1n) is 8.91. The minimum absolute atomic E-state index is 0.222. The molecule has 0 aliphatic heterocycles. The van der Waals surface area contributed by atoms with Gasteiger partial charge in [-0.15, -0.1) is 0 Å². The molecule has 7 atom stereocenters. The predicted molar refractivity (Wildman–Crippen MR) is 89.0 cm³/mol. The molecular formula is C16H28N2O5S. The summed E-state index contributed by atoms with van der Waals surface area (Å²) in [6, 6.07) is -0.474. The maximum atomic E-state index is 11.1. The molecule has 138 valence electrons. The number of hydrogen-bond donors (Lipinski definition) is 4. The molecule has 0 aromatic carbocycles. The van der Waals surface area contributed by atoms with Crippen molar-refractivity contribution in [2.24, 2.45) is 35.3 Å². The Hall–Kier alpha value is -0.700. The molecule has 4 bridgehead atoms. The quantitative estimate of drug-likeness (QED) is 0.370. The molecule has 4 aliphatic rings. The second kappa shape index (κ2) is 6.90. The number of rotatable bonds is 8. The van der Waals surface area contributed by atoms with E-state index in [1.807, 2.05) is 0 Å². The molecule has 5 N–H and O–H groups in total. The third kappa shape index (κ3) is 3.92. The summed E-state index contributed by atoms with van der Waals surface area (Å²) < 4.78 is 30.5. The second-order valence-electron chi connectivity index (χ2n) is 7.96. The normalized spacial score (nSPS) is 39.1. The van der Waals surface area contributed by atoms with E-state index < -0.39 is 22.1 Å². The van der Waals surface area contributed by atoms with E-state index in [1.54, 1.807) is 0 Å². The molecule has 4 rings (SSSR count). The minimum atomic E-state index is -3.91. The van der Waals surface area contributed by atoms with Crippen LogP contribution >= 0.6 is 0 Å². The number of hydrogen-bond acceptors (Lipinski definition) is 5. The van der Waals surface area contributed by atoms with Crippen LogP contribution in [0.5, 0.6) is 0 Å². The Labute approximate surface area is 143 Å². The molecule has 0 spiro atoms. The topological polar surface area (TPSA) is 130 Å². The van der Waals surface area contributed by atoms with Crippen molar-refractivity contribution in [1.29, 1.82) is 0 Å². The van der Waals surface area contributed by atoms with Crippen LogP contribution in [-0.4, -0.2) is 48.4 Å². The largest absolute Gasteiger partial charge is 0.480 e. The first-order valence-corrected chi connectivity index (χ1v) is 10.5. The zero-order valence-corrected chi connectivity index (χ0v) is 14.6. The van der Waals surface area contributed by atoms with Crippen LogP contribution in [0.2, 0.25) is 0 Å². The van der Waals surface area contributed by atoms with Crippen LogP contribution in [0.1, 0.15) is 38.5 Å². The molecule has 0 aromatic heterocycles. The second-order valence-corrected chi connectivity index (χ2v) is 9.53. The standard InChI is InChI=1S/C16H28N2O5S/c17-14(16(19)20)8-12-10-4-9-5-11(7-10)15(13(12)6-9)18-2-1-3-24(21,22)23/h9-15,18H,1-8,17H2,(H,19,20)(H,21,22,23)/t9?,10?,11?,12?,13?,14-,15?/m0/s1. The van der Waals surface area contributed by atoms with E-state index in [0.717, 1.165) is 18.8 Å². The number of aliphatic carboxylic acids is 1. The van der Waals surface area contributed by atoms with Gasteiger partial charge < -0.3 is 16.2 Å². The number of carboxylic acids is 1. The predicted octanol–water partition coefficient (Wildman–Crippen LogP) is 0.707. The van der Waals surface area contributed by atoms with Gasteiger partial charge in [0.2, 0.25) is 0 Å².